The Kier molecular flexibility index (Phi) is 4.88. The summed E-state index contributed by atoms with van der Waals surface area (Å²) in [6, 6.07) is 1.70. The summed E-state index contributed by atoms with van der Waals surface area (Å²) >= 11 is 0. The molecule has 2 N–H and O–H groups in total. The highest BCUT2D eigenvalue weighted by Gasteiger charge is 2.37. The van der Waals surface area contributed by atoms with Crippen molar-refractivity contribution in [2.75, 3.05) is 11.9 Å². The fourth-order valence-electron chi connectivity index (χ4n) is 2.80. The van der Waals surface area contributed by atoms with Crippen LogP contribution in [0.5, 0.6) is 0 Å². The molecule has 5 nitrogen and oxygen atoms in total. The van der Waals surface area contributed by atoms with Gasteiger partial charge in [-0.2, -0.15) is 0 Å². The molecule has 6 heteroatoms. The van der Waals surface area contributed by atoms with Crippen LogP contribution >= 0.6 is 0 Å². The van der Waals surface area contributed by atoms with Crippen LogP contribution in [0.15, 0.2) is 23.4 Å². The van der Waals surface area contributed by atoms with Gasteiger partial charge in [0.1, 0.15) is 4.90 Å². The van der Waals surface area contributed by atoms with Gasteiger partial charge in [-0.1, -0.05) is 27.2 Å². The lowest BCUT2D eigenvalue weighted by Crippen LogP contribution is -2.41. The molecule has 1 heterocycles. The third kappa shape index (κ3) is 3.74. The van der Waals surface area contributed by atoms with Gasteiger partial charge in [0, 0.05) is 25.0 Å². The quantitative estimate of drug-likeness (QED) is 0.847. The van der Waals surface area contributed by atoms with Gasteiger partial charge in [0.25, 0.3) is 0 Å². The maximum Gasteiger partial charge on any atom is 0.244 e. The standard InChI is InChI=1S/C15H25N3O2S/c1-4-9-17-12-7-10-16-11-13(12)21(19,20)18-14-6-5-8-15(14,2)3/h7,10-11,14,18H,4-6,8-9H2,1-3H3,(H,16,17). The number of rotatable bonds is 6. The number of nitrogens with one attached hydrogen (secondary N) is 2. The van der Waals surface area contributed by atoms with Gasteiger partial charge in [-0.05, 0) is 30.7 Å². The molecule has 1 aliphatic rings. The van der Waals surface area contributed by atoms with Gasteiger partial charge in [0.15, 0.2) is 0 Å². The molecule has 21 heavy (non-hydrogen) atoms. The highest BCUT2D eigenvalue weighted by molar-refractivity contribution is 7.89. The van der Waals surface area contributed by atoms with E-state index in [1.807, 2.05) is 6.92 Å². The first-order valence-electron chi connectivity index (χ1n) is 7.57. The summed E-state index contributed by atoms with van der Waals surface area (Å²) in [5.41, 5.74) is 0.627. The summed E-state index contributed by atoms with van der Waals surface area (Å²) < 4.78 is 28.2. The van der Waals surface area contributed by atoms with Gasteiger partial charge >= 0.3 is 0 Å². The minimum atomic E-state index is -3.55. The minimum Gasteiger partial charge on any atom is -0.384 e. The number of hydrogen-bond acceptors (Lipinski definition) is 4. The molecule has 0 spiro atoms. The number of aromatic nitrogens is 1. The van der Waals surface area contributed by atoms with E-state index < -0.39 is 10.0 Å². The second kappa shape index (κ2) is 6.32. The molecule has 1 saturated carbocycles. The van der Waals surface area contributed by atoms with Crippen LogP contribution in [-0.4, -0.2) is 26.0 Å². The summed E-state index contributed by atoms with van der Waals surface area (Å²) in [5.74, 6) is 0. The van der Waals surface area contributed by atoms with Crippen molar-refractivity contribution in [3.8, 4) is 0 Å². The lowest BCUT2D eigenvalue weighted by atomic mass is 9.88. The molecule has 0 amide bonds. The molecule has 0 saturated heterocycles. The molecule has 1 aromatic rings. The predicted octanol–water partition coefficient (Wildman–Crippen LogP) is 2.76. The SMILES string of the molecule is CCCNc1ccncc1S(=O)(=O)NC1CCCC1(C)C. The van der Waals surface area contributed by atoms with E-state index in [-0.39, 0.29) is 16.4 Å². The zero-order valence-electron chi connectivity index (χ0n) is 13.0. The van der Waals surface area contributed by atoms with Gasteiger partial charge in [0.05, 0.1) is 5.69 Å². The molecule has 1 atom stereocenters. The fraction of sp³-hybridized carbons (Fsp3) is 0.667. The van der Waals surface area contributed by atoms with Gasteiger partial charge < -0.3 is 5.32 Å². The number of pyridine rings is 1. The maximum absolute atomic E-state index is 12.7. The van der Waals surface area contributed by atoms with Gasteiger partial charge in [0.2, 0.25) is 10.0 Å². The van der Waals surface area contributed by atoms with Crippen molar-refractivity contribution >= 4 is 15.7 Å². The van der Waals surface area contributed by atoms with E-state index >= 15 is 0 Å². The zero-order valence-corrected chi connectivity index (χ0v) is 13.8. The Morgan fingerprint density at radius 3 is 2.81 bits per heavy atom. The van der Waals surface area contributed by atoms with Crippen molar-refractivity contribution in [1.29, 1.82) is 0 Å². The second-order valence-electron chi connectivity index (χ2n) is 6.35. The topological polar surface area (TPSA) is 71.1 Å². The first-order valence-corrected chi connectivity index (χ1v) is 9.05. The van der Waals surface area contributed by atoms with Gasteiger partial charge in [-0.3, -0.25) is 4.98 Å². The normalized spacial score (nSPS) is 21.4. The van der Waals surface area contributed by atoms with Crippen LogP contribution in [-0.2, 0) is 10.0 Å². The van der Waals surface area contributed by atoms with Gasteiger partial charge in [-0.25, -0.2) is 13.1 Å². The third-order valence-corrected chi connectivity index (χ3v) is 5.69. The maximum atomic E-state index is 12.7. The largest absolute Gasteiger partial charge is 0.384 e. The summed E-state index contributed by atoms with van der Waals surface area (Å²) in [6.45, 7) is 7.02. The van der Waals surface area contributed by atoms with Crippen molar-refractivity contribution in [2.45, 2.75) is 57.4 Å². The van der Waals surface area contributed by atoms with Gasteiger partial charge in [-0.15, -0.1) is 0 Å². The summed E-state index contributed by atoms with van der Waals surface area (Å²) in [6.07, 6.45) is 6.97. The summed E-state index contributed by atoms with van der Waals surface area (Å²) in [4.78, 5) is 4.21. The van der Waals surface area contributed by atoms with E-state index in [9.17, 15) is 8.42 Å². The van der Waals surface area contributed by atoms with Crippen molar-refractivity contribution in [2.24, 2.45) is 5.41 Å². The Morgan fingerprint density at radius 2 is 2.19 bits per heavy atom. The van der Waals surface area contributed by atoms with E-state index in [1.54, 1.807) is 12.3 Å². The Morgan fingerprint density at radius 1 is 1.43 bits per heavy atom. The molecule has 1 aromatic heterocycles. The molecule has 1 unspecified atom stereocenters. The van der Waals surface area contributed by atoms with Crippen LogP contribution in [0.2, 0.25) is 0 Å². The Bertz CT molecular complexity index is 584. The smallest absolute Gasteiger partial charge is 0.244 e. The average molecular weight is 311 g/mol. The molecular weight excluding hydrogens is 286 g/mol. The van der Waals surface area contributed by atoms with Crippen LogP contribution in [0.3, 0.4) is 0 Å². The highest BCUT2D eigenvalue weighted by Crippen LogP contribution is 2.38. The van der Waals surface area contributed by atoms with Crippen LogP contribution in [0, 0.1) is 5.41 Å². The van der Waals surface area contributed by atoms with E-state index in [4.69, 9.17) is 0 Å². The first kappa shape index (κ1) is 16.2. The van der Waals surface area contributed by atoms with Crippen molar-refractivity contribution in [1.82, 2.24) is 9.71 Å². The van der Waals surface area contributed by atoms with E-state index in [0.29, 0.717) is 5.69 Å². The second-order valence-corrected chi connectivity index (χ2v) is 8.04. The third-order valence-electron chi connectivity index (χ3n) is 4.19. The Balaban J connectivity index is 2.23. The summed E-state index contributed by atoms with van der Waals surface area (Å²) in [5, 5.41) is 3.16. The molecular formula is C15H25N3O2S. The molecule has 1 aliphatic carbocycles. The van der Waals surface area contributed by atoms with Crippen LogP contribution in [0.4, 0.5) is 5.69 Å². The van der Waals surface area contributed by atoms with Crippen molar-refractivity contribution in [3.05, 3.63) is 18.5 Å². The lowest BCUT2D eigenvalue weighted by Gasteiger charge is -2.27. The van der Waals surface area contributed by atoms with Crippen LogP contribution in [0.1, 0.15) is 46.5 Å². The number of anilines is 1. The molecule has 2 rings (SSSR count). The molecule has 0 bridgehead atoms. The minimum absolute atomic E-state index is 0.00624. The number of nitrogens with zero attached hydrogens (tertiary/aromatic N) is 1. The van der Waals surface area contributed by atoms with Crippen LogP contribution < -0.4 is 10.0 Å². The molecule has 1 fully saturated rings. The average Bonchev–Trinajstić information content (AvgIpc) is 2.75. The first-order chi connectivity index (χ1) is 9.87. The Hall–Kier alpha value is -1.14. The predicted molar refractivity (Wildman–Crippen MR) is 84.8 cm³/mol. The fourth-order valence-corrected chi connectivity index (χ4v) is 4.36. The van der Waals surface area contributed by atoms with Crippen molar-refractivity contribution < 1.29 is 8.42 Å². The summed E-state index contributed by atoms with van der Waals surface area (Å²) in [7, 11) is -3.55. The van der Waals surface area contributed by atoms with E-state index in [0.717, 1.165) is 32.2 Å². The highest BCUT2D eigenvalue weighted by atomic mass is 32.2. The van der Waals surface area contributed by atoms with Crippen LogP contribution in [0.25, 0.3) is 0 Å². The molecule has 0 aliphatic heterocycles. The molecule has 0 radical (unpaired) electrons. The number of sulfonamides is 1. The molecule has 118 valence electrons. The van der Waals surface area contributed by atoms with Crippen molar-refractivity contribution in [3.63, 3.8) is 0 Å². The lowest BCUT2D eigenvalue weighted by molar-refractivity contribution is 0.313. The Labute approximate surface area is 127 Å². The van der Waals surface area contributed by atoms with E-state index in [1.165, 1.54) is 6.20 Å². The monoisotopic (exact) mass is 311 g/mol. The number of hydrogen-bond donors (Lipinski definition) is 2. The molecule has 0 aromatic carbocycles. The zero-order chi connectivity index (χ0) is 15.5. The van der Waals surface area contributed by atoms with E-state index in [2.05, 4.69) is 28.9 Å².